The topological polar surface area (TPSA) is 180 Å². The summed E-state index contributed by atoms with van der Waals surface area (Å²) in [4.78, 5) is 43.2. The third-order valence-electron chi connectivity index (χ3n) is 6.71. The predicted octanol–water partition coefficient (Wildman–Crippen LogP) is 1.10. The second-order valence-corrected chi connectivity index (χ2v) is 8.56. The van der Waals surface area contributed by atoms with Gasteiger partial charge in [-0.05, 0) is 53.8 Å². The molecule has 2 aromatic rings. The van der Waals surface area contributed by atoms with Crippen LogP contribution in [0.15, 0.2) is 34.7 Å². The molecule has 2 aromatic carbocycles. The molecule has 0 spiro atoms. The number of primary amides is 1. The molecule has 3 aliphatic rings. The molecule has 10 heteroatoms. The van der Waals surface area contributed by atoms with E-state index in [1.165, 1.54) is 6.07 Å². The third-order valence-corrected chi connectivity index (χ3v) is 6.71. The summed E-state index contributed by atoms with van der Waals surface area (Å²) in [7, 11) is 1.16. The van der Waals surface area contributed by atoms with Gasteiger partial charge in [0, 0.05) is 0 Å². The van der Waals surface area contributed by atoms with Crippen LogP contribution in [0.5, 0.6) is 11.5 Å². The normalized spacial score (nSPS) is 25.9. The van der Waals surface area contributed by atoms with Crippen molar-refractivity contribution in [2.45, 2.75) is 30.8 Å². The molecular weight excluding hydrogens is 432 g/mol. The number of amides is 1. The molecule has 10 nitrogen and oxygen atoms in total. The summed E-state index contributed by atoms with van der Waals surface area (Å²) in [5.74, 6) is -6.79. The van der Waals surface area contributed by atoms with Crippen molar-refractivity contribution in [2.24, 2.45) is 16.8 Å². The van der Waals surface area contributed by atoms with E-state index in [0.29, 0.717) is 10.9 Å². The lowest BCUT2D eigenvalue weighted by molar-refractivity contribution is -0.134. The number of aromatic hydroxyl groups is 2. The lowest BCUT2D eigenvalue weighted by atomic mass is 9.62. The van der Waals surface area contributed by atoms with Gasteiger partial charge >= 0.3 is 0 Å². The number of phenols is 2. The second-order valence-electron chi connectivity index (χ2n) is 8.56. The number of carbonyl (C=O) groups is 3. The number of hydrogen-bond donors (Lipinski definition) is 5. The average Bonchev–Trinajstić information content (AvgIpc) is 3.58. The summed E-state index contributed by atoms with van der Waals surface area (Å²) in [5, 5.41) is 47.6. The predicted molar refractivity (Wildman–Crippen MR) is 114 cm³/mol. The van der Waals surface area contributed by atoms with Crippen molar-refractivity contribution >= 4 is 34.0 Å². The Labute approximate surface area is 186 Å². The van der Waals surface area contributed by atoms with Crippen molar-refractivity contribution in [3.63, 3.8) is 0 Å². The zero-order chi connectivity index (χ0) is 23.8. The Balaban J connectivity index is 1.81. The number of aliphatic hydroxyl groups is 2. The summed E-state index contributed by atoms with van der Waals surface area (Å²) in [6.07, 6.45) is 1.71. The minimum absolute atomic E-state index is 0.0381. The summed E-state index contributed by atoms with van der Waals surface area (Å²) in [6.45, 7) is 0. The molecule has 1 amide bonds. The quantitative estimate of drug-likeness (QED) is 0.261. The number of fused-ring (bicyclic) bond motifs is 3. The van der Waals surface area contributed by atoms with E-state index in [9.17, 15) is 34.8 Å². The van der Waals surface area contributed by atoms with Crippen LogP contribution in [-0.4, -0.2) is 56.3 Å². The molecule has 170 valence electrons. The number of nitrogens with zero attached hydrogens (tertiary/aromatic N) is 1. The van der Waals surface area contributed by atoms with E-state index in [-0.39, 0.29) is 34.7 Å². The van der Waals surface area contributed by atoms with E-state index < -0.39 is 46.1 Å². The number of benzene rings is 2. The van der Waals surface area contributed by atoms with Crippen molar-refractivity contribution in [1.82, 2.24) is 0 Å². The standard InChI is InChI=1S/C23H20N2O8/c1-33-25-17-12-7-9-6-11-10(8-2-3-8)4-5-13(26)15(11)18(27)14(9)20(29)23(12,32)21(30)16(19(17)28)22(24)31/h4-6,8,12,26-28,32H,2-3,7H2,1H3,(H2,24,31). The minimum atomic E-state index is -2.87. The van der Waals surface area contributed by atoms with E-state index in [2.05, 4.69) is 5.16 Å². The van der Waals surface area contributed by atoms with Crippen LogP contribution in [-0.2, 0) is 20.8 Å². The molecule has 0 radical (unpaired) electrons. The van der Waals surface area contributed by atoms with Gasteiger partial charge in [0.2, 0.25) is 11.6 Å². The largest absolute Gasteiger partial charge is 0.507 e. The molecule has 0 aromatic heterocycles. The van der Waals surface area contributed by atoms with E-state index >= 15 is 0 Å². The molecule has 33 heavy (non-hydrogen) atoms. The number of Topliss-reactive ketones (excluding diaryl/α,β-unsaturated/α-hetero) is 2. The van der Waals surface area contributed by atoms with Crippen molar-refractivity contribution in [3.8, 4) is 11.5 Å². The van der Waals surface area contributed by atoms with Gasteiger partial charge in [0.15, 0.2) is 11.4 Å². The van der Waals surface area contributed by atoms with E-state index in [1.807, 2.05) is 0 Å². The number of rotatable bonds is 3. The number of carbonyl (C=O) groups excluding carboxylic acids is 3. The Morgan fingerprint density at radius 2 is 1.88 bits per heavy atom. The average molecular weight is 452 g/mol. The smallest absolute Gasteiger partial charge is 0.256 e. The van der Waals surface area contributed by atoms with Crippen LogP contribution in [0, 0.1) is 5.92 Å². The molecule has 1 fully saturated rings. The maximum Gasteiger partial charge on any atom is 0.256 e. The third kappa shape index (κ3) is 2.64. The van der Waals surface area contributed by atoms with Gasteiger partial charge in [0.25, 0.3) is 5.91 Å². The Kier molecular flexibility index (Phi) is 4.31. The first kappa shape index (κ1) is 21.0. The first-order valence-electron chi connectivity index (χ1n) is 10.3. The highest BCUT2D eigenvalue weighted by Gasteiger charge is 2.62. The lowest BCUT2D eigenvalue weighted by Gasteiger charge is -2.41. The molecule has 1 saturated carbocycles. The number of hydrogen-bond acceptors (Lipinski definition) is 9. The first-order valence-corrected chi connectivity index (χ1v) is 10.3. The first-order chi connectivity index (χ1) is 15.6. The number of allylic oxidation sites excluding steroid dienone is 1. The highest BCUT2D eigenvalue weighted by molar-refractivity contribution is 6.38. The summed E-state index contributed by atoms with van der Waals surface area (Å²) < 4.78 is 0. The van der Waals surface area contributed by atoms with Crippen LogP contribution in [0.3, 0.4) is 0 Å². The molecule has 6 N–H and O–H groups in total. The van der Waals surface area contributed by atoms with Crippen molar-refractivity contribution < 1.29 is 39.6 Å². The number of ketones is 2. The van der Waals surface area contributed by atoms with Crippen molar-refractivity contribution in [2.75, 3.05) is 7.11 Å². The molecule has 0 saturated heterocycles. The lowest BCUT2D eigenvalue weighted by Crippen LogP contribution is -2.62. The van der Waals surface area contributed by atoms with Crippen LogP contribution >= 0.6 is 0 Å². The van der Waals surface area contributed by atoms with E-state index in [1.54, 1.807) is 12.1 Å². The monoisotopic (exact) mass is 452 g/mol. The van der Waals surface area contributed by atoms with Gasteiger partial charge in [-0.2, -0.15) is 0 Å². The van der Waals surface area contributed by atoms with Gasteiger partial charge in [-0.15, -0.1) is 0 Å². The van der Waals surface area contributed by atoms with Gasteiger partial charge in [0.1, 0.15) is 29.9 Å². The summed E-state index contributed by atoms with van der Waals surface area (Å²) in [5.41, 5.74) is 1.83. The Bertz CT molecular complexity index is 1350. The fourth-order valence-corrected chi connectivity index (χ4v) is 5.01. The highest BCUT2D eigenvalue weighted by atomic mass is 16.6. The van der Waals surface area contributed by atoms with Gasteiger partial charge in [-0.25, -0.2) is 0 Å². The second kappa shape index (κ2) is 6.79. The zero-order valence-corrected chi connectivity index (χ0v) is 17.5. The number of nitrogens with two attached hydrogens (primary N) is 1. The Morgan fingerprint density at radius 3 is 2.48 bits per heavy atom. The molecule has 5 rings (SSSR count). The van der Waals surface area contributed by atoms with E-state index in [0.717, 1.165) is 25.5 Å². The van der Waals surface area contributed by atoms with Crippen LogP contribution < -0.4 is 5.73 Å². The van der Waals surface area contributed by atoms with E-state index in [4.69, 9.17) is 10.6 Å². The zero-order valence-electron chi connectivity index (χ0n) is 17.5. The van der Waals surface area contributed by atoms with Gasteiger partial charge in [-0.3, -0.25) is 14.4 Å². The molecule has 2 atom stereocenters. The Morgan fingerprint density at radius 1 is 1.18 bits per heavy atom. The van der Waals surface area contributed by atoms with Gasteiger partial charge in [-0.1, -0.05) is 11.2 Å². The van der Waals surface area contributed by atoms with Crippen LogP contribution in [0.4, 0.5) is 0 Å². The Hall–Kier alpha value is -3.92. The molecule has 3 aliphatic carbocycles. The fraction of sp³-hybridized carbons (Fsp3) is 0.304. The fourth-order valence-electron chi connectivity index (χ4n) is 5.01. The maximum atomic E-state index is 13.6. The molecule has 0 aliphatic heterocycles. The number of phenolic OH excluding ortho intramolecular Hbond substituents is 2. The highest BCUT2D eigenvalue weighted by Crippen LogP contribution is 2.51. The molecule has 2 unspecified atom stereocenters. The SMILES string of the molecule is CON=C1C(O)=C(C(N)=O)C(=O)C2(O)C(=O)c3c(cc4c(C5CC5)ccc(O)c4c3O)CC12. The van der Waals surface area contributed by atoms with Crippen LogP contribution in [0.25, 0.3) is 10.8 Å². The van der Waals surface area contributed by atoms with Crippen LogP contribution in [0.1, 0.15) is 40.2 Å². The van der Waals surface area contributed by atoms with Crippen molar-refractivity contribution in [1.29, 1.82) is 0 Å². The number of oxime groups is 1. The number of aliphatic hydroxyl groups excluding tert-OH is 1. The van der Waals surface area contributed by atoms with Gasteiger partial charge in [0.05, 0.1) is 16.9 Å². The molecule has 0 bridgehead atoms. The minimum Gasteiger partial charge on any atom is -0.507 e. The molecular formula is C23H20N2O8. The molecule has 0 heterocycles. The van der Waals surface area contributed by atoms with Crippen molar-refractivity contribution in [3.05, 3.63) is 46.2 Å². The maximum absolute atomic E-state index is 13.6. The van der Waals surface area contributed by atoms with Crippen LogP contribution in [0.2, 0.25) is 0 Å². The van der Waals surface area contributed by atoms with Gasteiger partial charge < -0.3 is 31.0 Å². The summed E-state index contributed by atoms with van der Waals surface area (Å²) >= 11 is 0. The summed E-state index contributed by atoms with van der Waals surface area (Å²) in [6, 6.07) is 4.82.